The van der Waals surface area contributed by atoms with Gasteiger partial charge in [0.2, 0.25) is 5.69 Å². The Labute approximate surface area is 163 Å². The van der Waals surface area contributed by atoms with Crippen LogP contribution in [0.15, 0.2) is 66.9 Å². The lowest BCUT2D eigenvalue weighted by Gasteiger charge is -2.27. The molecule has 1 aliphatic heterocycles. The fraction of sp³-hybridized carbons (Fsp3) is 0.346. The molecule has 2 heterocycles. The number of hydrogen-bond donors (Lipinski definition) is 0. The van der Waals surface area contributed by atoms with Crippen LogP contribution in [-0.2, 0) is 18.4 Å². The summed E-state index contributed by atoms with van der Waals surface area (Å²) in [6, 6.07) is 22.3. The van der Waals surface area contributed by atoms with Gasteiger partial charge >= 0.3 is 0 Å². The number of aromatic nitrogens is 1. The van der Waals surface area contributed by atoms with Gasteiger partial charge in [0.1, 0.15) is 0 Å². The first-order chi connectivity index (χ1) is 13.2. The van der Waals surface area contributed by atoms with E-state index in [1.807, 2.05) is 0 Å². The minimum Gasteiger partial charge on any atom is -0.192 e. The summed E-state index contributed by atoms with van der Waals surface area (Å²) in [6.45, 7) is 6.98. The molecule has 0 atom stereocenters. The van der Waals surface area contributed by atoms with Crippen molar-refractivity contribution in [3.05, 3.63) is 78.0 Å². The number of benzene rings is 2. The fourth-order valence-corrected chi connectivity index (χ4v) is 4.78. The summed E-state index contributed by atoms with van der Waals surface area (Å²) in [5, 5.41) is 0. The predicted octanol–water partition coefficient (Wildman–Crippen LogP) is 6.33. The van der Waals surface area contributed by atoms with Gasteiger partial charge in [-0.15, -0.1) is 0 Å². The van der Waals surface area contributed by atoms with Crippen LogP contribution in [0.25, 0.3) is 22.4 Å². The van der Waals surface area contributed by atoms with Crippen molar-refractivity contribution in [2.75, 3.05) is 0 Å². The molecule has 0 saturated heterocycles. The van der Waals surface area contributed by atoms with Gasteiger partial charge < -0.3 is 0 Å². The molecule has 0 bridgehead atoms. The Morgan fingerprint density at radius 1 is 0.852 bits per heavy atom. The second-order valence-corrected chi connectivity index (χ2v) is 7.78. The third-order valence-corrected chi connectivity index (χ3v) is 6.62. The zero-order chi connectivity index (χ0) is 18.9. The molecular weight excluding hydrogens is 326 g/mol. The Kier molecular flexibility index (Phi) is 4.86. The maximum atomic E-state index is 2.63. The van der Waals surface area contributed by atoms with Crippen LogP contribution in [0.2, 0.25) is 0 Å². The highest BCUT2D eigenvalue weighted by Crippen LogP contribution is 2.37. The zero-order valence-electron chi connectivity index (χ0n) is 16.8. The van der Waals surface area contributed by atoms with Crippen molar-refractivity contribution < 1.29 is 4.57 Å². The molecule has 1 nitrogen and oxygen atoms in total. The maximum absolute atomic E-state index is 2.63. The summed E-state index contributed by atoms with van der Waals surface area (Å²) in [5.74, 6) is 0. The molecule has 0 N–H and O–H groups in total. The van der Waals surface area contributed by atoms with Crippen molar-refractivity contribution in [2.45, 2.75) is 58.4 Å². The van der Waals surface area contributed by atoms with Crippen LogP contribution < -0.4 is 4.57 Å². The second kappa shape index (κ2) is 7.31. The van der Waals surface area contributed by atoms with E-state index in [-0.39, 0.29) is 5.54 Å². The standard InChI is InChI=1S/C26H30N/c1-4-20-18-25-23-15-11-10-14-22(23)16-17-26(5-2,6-3)27(25)19-24(20)21-12-8-7-9-13-21/h7-15,18-19H,4-6,16-17H2,1-3H3/q+1. The molecule has 1 heteroatoms. The quantitative estimate of drug-likeness (QED) is 0.481. The van der Waals surface area contributed by atoms with Gasteiger partial charge in [-0.3, -0.25) is 0 Å². The van der Waals surface area contributed by atoms with Crippen LogP contribution in [0, 0.1) is 0 Å². The predicted molar refractivity (Wildman–Crippen MR) is 114 cm³/mol. The summed E-state index contributed by atoms with van der Waals surface area (Å²) < 4.78 is 2.63. The number of fused-ring (bicyclic) bond motifs is 3. The van der Waals surface area contributed by atoms with E-state index < -0.39 is 0 Å². The van der Waals surface area contributed by atoms with E-state index >= 15 is 0 Å². The van der Waals surface area contributed by atoms with Crippen LogP contribution in [0.3, 0.4) is 0 Å². The Bertz CT molecular complexity index is 936. The number of rotatable bonds is 4. The molecule has 1 aromatic heterocycles. The Morgan fingerprint density at radius 3 is 2.26 bits per heavy atom. The van der Waals surface area contributed by atoms with Crippen molar-refractivity contribution in [1.82, 2.24) is 0 Å². The van der Waals surface area contributed by atoms with E-state index in [0.717, 1.165) is 25.7 Å². The topological polar surface area (TPSA) is 3.88 Å². The first-order valence-electron chi connectivity index (χ1n) is 10.4. The number of pyridine rings is 1. The summed E-state index contributed by atoms with van der Waals surface area (Å²) in [5.41, 5.74) is 8.62. The minimum absolute atomic E-state index is 0.185. The van der Waals surface area contributed by atoms with Crippen LogP contribution >= 0.6 is 0 Å². The molecule has 0 amide bonds. The van der Waals surface area contributed by atoms with Gasteiger partial charge in [-0.2, -0.15) is 4.57 Å². The molecule has 27 heavy (non-hydrogen) atoms. The molecule has 0 spiro atoms. The lowest BCUT2D eigenvalue weighted by Crippen LogP contribution is -2.56. The van der Waals surface area contributed by atoms with Crippen molar-refractivity contribution >= 4 is 0 Å². The maximum Gasteiger partial charge on any atom is 0.213 e. The van der Waals surface area contributed by atoms with Gasteiger partial charge in [0.15, 0.2) is 11.7 Å². The van der Waals surface area contributed by atoms with Crippen LogP contribution in [0.4, 0.5) is 0 Å². The molecule has 0 saturated carbocycles. The summed E-state index contributed by atoms with van der Waals surface area (Å²) in [6.07, 6.45) is 8.18. The van der Waals surface area contributed by atoms with Crippen LogP contribution in [0.5, 0.6) is 0 Å². The molecule has 2 aromatic carbocycles. The molecule has 4 rings (SSSR count). The smallest absolute Gasteiger partial charge is 0.192 e. The average molecular weight is 357 g/mol. The van der Waals surface area contributed by atoms with Crippen LogP contribution in [0.1, 0.15) is 51.2 Å². The largest absolute Gasteiger partial charge is 0.213 e. The number of aryl methyl sites for hydroxylation is 2. The molecule has 0 aliphatic carbocycles. The van der Waals surface area contributed by atoms with E-state index in [0.29, 0.717) is 0 Å². The van der Waals surface area contributed by atoms with Crippen molar-refractivity contribution in [2.24, 2.45) is 0 Å². The van der Waals surface area contributed by atoms with E-state index in [4.69, 9.17) is 0 Å². The van der Waals surface area contributed by atoms with Crippen molar-refractivity contribution in [1.29, 1.82) is 0 Å². The van der Waals surface area contributed by atoms with Gasteiger partial charge in [-0.05, 0) is 35.6 Å². The summed E-state index contributed by atoms with van der Waals surface area (Å²) in [7, 11) is 0. The van der Waals surface area contributed by atoms with E-state index in [9.17, 15) is 0 Å². The Balaban J connectivity index is 2.04. The third-order valence-electron chi connectivity index (χ3n) is 6.62. The minimum atomic E-state index is 0.185. The highest BCUT2D eigenvalue weighted by atomic mass is 15.1. The fourth-order valence-electron chi connectivity index (χ4n) is 4.78. The molecule has 138 valence electrons. The lowest BCUT2D eigenvalue weighted by molar-refractivity contribution is -0.756. The lowest BCUT2D eigenvalue weighted by atomic mass is 9.86. The third kappa shape index (κ3) is 3.00. The molecular formula is C26H30N+. The monoisotopic (exact) mass is 356 g/mol. The Morgan fingerprint density at radius 2 is 1.56 bits per heavy atom. The second-order valence-electron chi connectivity index (χ2n) is 7.78. The van der Waals surface area contributed by atoms with Gasteiger partial charge in [0.25, 0.3) is 0 Å². The first kappa shape index (κ1) is 18.0. The van der Waals surface area contributed by atoms with E-state index in [2.05, 4.69) is 92.2 Å². The van der Waals surface area contributed by atoms with E-state index in [1.165, 1.54) is 39.9 Å². The zero-order valence-corrected chi connectivity index (χ0v) is 16.8. The molecule has 3 aromatic rings. The Hall–Kier alpha value is -2.41. The molecule has 0 radical (unpaired) electrons. The molecule has 0 fully saturated rings. The van der Waals surface area contributed by atoms with Crippen LogP contribution in [-0.4, -0.2) is 0 Å². The average Bonchev–Trinajstić information content (AvgIpc) is 2.88. The van der Waals surface area contributed by atoms with Gasteiger partial charge in [-0.25, -0.2) is 0 Å². The summed E-state index contributed by atoms with van der Waals surface area (Å²) >= 11 is 0. The highest BCUT2D eigenvalue weighted by molar-refractivity contribution is 5.70. The van der Waals surface area contributed by atoms with Gasteiger partial charge in [0.05, 0.1) is 0 Å². The number of hydrogen-bond acceptors (Lipinski definition) is 0. The summed E-state index contributed by atoms with van der Waals surface area (Å²) in [4.78, 5) is 0. The van der Waals surface area contributed by atoms with Crippen molar-refractivity contribution in [3.8, 4) is 22.4 Å². The van der Waals surface area contributed by atoms with E-state index in [1.54, 1.807) is 0 Å². The number of nitrogens with zero attached hydrogens (tertiary/aromatic N) is 1. The van der Waals surface area contributed by atoms with Gasteiger partial charge in [-0.1, -0.05) is 69.3 Å². The SMILES string of the molecule is CCc1cc2[n+](cc1-c1ccccc1)C(CC)(CC)CCc1ccccc1-2. The van der Waals surface area contributed by atoms with Gasteiger partial charge in [0, 0.05) is 36.5 Å². The first-order valence-corrected chi connectivity index (χ1v) is 10.4. The normalized spacial score (nSPS) is 14.9. The van der Waals surface area contributed by atoms with Crippen molar-refractivity contribution in [3.63, 3.8) is 0 Å². The molecule has 0 unspecified atom stereocenters. The highest BCUT2D eigenvalue weighted by Gasteiger charge is 2.41. The molecule has 1 aliphatic rings.